The largest absolute Gasteiger partial charge is 0.497 e. The average Bonchev–Trinajstić information content (AvgIpc) is 3.09. The number of nitrogens with zero attached hydrogens (tertiary/aromatic N) is 2. The van der Waals surface area contributed by atoms with Gasteiger partial charge in [-0.2, -0.15) is 0 Å². The first-order chi connectivity index (χ1) is 11.7. The number of methoxy groups -OCH3 is 2. The molecule has 1 aromatic heterocycles. The van der Waals surface area contributed by atoms with Gasteiger partial charge >= 0.3 is 0 Å². The third-order valence-corrected chi connectivity index (χ3v) is 3.96. The van der Waals surface area contributed by atoms with Crippen LogP contribution in [0.2, 0.25) is 0 Å². The number of hydrogen-bond donors (Lipinski definition) is 0. The fraction of sp³-hybridized carbons (Fsp3) is 0.333. The predicted molar refractivity (Wildman–Crippen MR) is 88.7 cm³/mol. The summed E-state index contributed by atoms with van der Waals surface area (Å²) in [5.74, 6) is 1.72. The number of amides is 1. The summed E-state index contributed by atoms with van der Waals surface area (Å²) in [6.45, 7) is 1.19. The van der Waals surface area contributed by atoms with Crippen LogP contribution in [0, 0.1) is 0 Å². The molecule has 0 aliphatic carbocycles. The van der Waals surface area contributed by atoms with Crippen LogP contribution in [-0.2, 0) is 0 Å². The van der Waals surface area contributed by atoms with E-state index >= 15 is 0 Å². The van der Waals surface area contributed by atoms with Crippen molar-refractivity contribution < 1.29 is 19.0 Å². The van der Waals surface area contributed by atoms with Crippen LogP contribution < -0.4 is 14.2 Å². The van der Waals surface area contributed by atoms with Crippen molar-refractivity contribution in [3.8, 4) is 17.4 Å². The van der Waals surface area contributed by atoms with E-state index in [9.17, 15) is 4.79 Å². The Kier molecular flexibility index (Phi) is 4.84. The number of carbonyl (C=O) groups excluding carboxylic acids is 1. The van der Waals surface area contributed by atoms with E-state index in [1.165, 1.54) is 0 Å². The summed E-state index contributed by atoms with van der Waals surface area (Å²) in [6, 6.07) is 10.7. The highest BCUT2D eigenvalue weighted by Crippen LogP contribution is 2.25. The van der Waals surface area contributed by atoms with Crippen molar-refractivity contribution in [2.24, 2.45) is 0 Å². The van der Waals surface area contributed by atoms with Crippen molar-refractivity contribution in [3.05, 3.63) is 48.2 Å². The van der Waals surface area contributed by atoms with Crippen LogP contribution in [0.15, 0.2) is 42.6 Å². The van der Waals surface area contributed by atoms with Crippen molar-refractivity contribution in [3.63, 3.8) is 0 Å². The molecule has 2 aromatic rings. The molecule has 0 spiro atoms. The van der Waals surface area contributed by atoms with Gasteiger partial charge < -0.3 is 19.1 Å². The second-order valence-electron chi connectivity index (χ2n) is 5.55. The number of hydrogen-bond acceptors (Lipinski definition) is 5. The van der Waals surface area contributed by atoms with Crippen LogP contribution in [0.1, 0.15) is 16.8 Å². The fourth-order valence-corrected chi connectivity index (χ4v) is 2.71. The summed E-state index contributed by atoms with van der Waals surface area (Å²) in [7, 11) is 3.13. The summed E-state index contributed by atoms with van der Waals surface area (Å²) in [5, 5.41) is 0. The number of carbonyl (C=O) groups is 1. The van der Waals surface area contributed by atoms with E-state index in [2.05, 4.69) is 4.98 Å². The number of aromatic nitrogens is 1. The Morgan fingerprint density at radius 2 is 1.92 bits per heavy atom. The molecule has 0 N–H and O–H groups in total. The Morgan fingerprint density at radius 1 is 1.17 bits per heavy atom. The van der Waals surface area contributed by atoms with Crippen LogP contribution in [0.3, 0.4) is 0 Å². The molecule has 126 valence electrons. The molecule has 0 saturated carbocycles. The van der Waals surface area contributed by atoms with Gasteiger partial charge in [-0.3, -0.25) is 4.79 Å². The Bertz CT molecular complexity index is 683. The number of rotatable bonds is 5. The second-order valence-corrected chi connectivity index (χ2v) is 5.55. The SMILES string of the molecule is COc1cc(OC)cc(C(=O)N2CC[C@H](Oc3ccccn3)C2)c1. The van der Waals surface area contributed by atoms with Crippen LogP contribution in [0.4, 0.5) is 0 Å². The number of likely N-dealkylation sites (tertiary alicyclic amines) is 1. The Morgan fingerprint density at radius 3 is 2.54 bits per heavy atom. The lowest BCUT2D eigenvalue weighted by molar-refractivity contribution is 0.0770. The molecule has 0 radical (unpaired) electrons. The minimum absolute atomic E-state index is 0.0450. The van der Waals surface area contributed by atoms with Crippen molar-refractivity contribution in [2.75, 3.05) is 27.3 Å². The minimum Gasteiger partial charge on any atom is -0.497 e. The van der Waals surface area contributed by atoms with E-state index < -0.39 is 0 Å². The van der Waals surface area contributed by atoms with Gasteiger partial charge in [-0.05, 0) is 18.2 Å². The average molecular weight is 328 g/mol. The maximum Gasteiger partial charge on any atom is 0.254 e. The first-order valence-electron chi connectivity index (χ1n) is 7.79. The summed E-state index contributed by atoms with van der Waals surface area (Å²) < 4.78 is 16.3. The van der Waals surface area contributed by atoms with Gasteiger partial charge in [-0.15, -0.1) is 0 Å². The van der Waals surface area contributed by atoms with E-state index in [1.54, 1.807) is 43.5 Å². The maximum atomic E-state index is 12.7. The molecule has 0 bridgehead atoms. The molecule has 1 aliphatic heterocycles. The van der Waals surface area contributed by atoms with Crippen molar-refractivity contribution in [1.29, 1.82) is 0 Å². The first-order valence-corrected chi connectivity index (χ1v) is 7.79. The van der Waals surface area contributed by atoms with Gasteiger partial charge in [0.1, 0.15) is 17.6 Å². The van der Waals surface area contributed by atoms with E-state index in [-0.39, 0.29) is 12.0 Å². The molecule has 0 unspecified atom stereocenters. The van der Waals surface area contributed by atoms with E-state index in [1.807, 2.05) is 18.2 Å². The van der Waals surface area contributed by atoms with Gasteiger partial charge in [0.05, 0.1) is 20.8 Å². The fourth-order valence-electron chi connectivity index (χ4n) is 2.71. The zero-order valence-electron chi connectivity index (χ0n) is 13.8. The lowest BCUT2D eigenvalue weighted by atomic mass is 10.1. The van der Waals surface area contributed by atoms with Gasteiger partial charge in [-0.25, -0.2) is 4.98 Å². The highest BCUT2D eigenvalue weighted by atomic mass is 16.5. The molecule has 6 heteroatoms. The summed E-state index contributed by atoms with van der Waals surface area (Å²) in [4.78, 5) is 18.7. The van der Waals surface area contributed by atoms with Gasteiger partial charge in [0.2, 0.25) is 5.88 Å². The molecule has 24 heavy (non-hydrogen) atoms. The van der Waals surface area contributed by atoms with Gasteiger partial charge in [0.15, 0.2) is 0 Å². The zero-order chi connectivity index (χ0) is 16.9. The molecule has 3 rings (SSSR count). The summed E-state index contributed by atoms with van der Waals surface area (Å²) in [6.07, 6.45) is 2.43. The normalized spacial score (nSPS) is 16.8. The van der Waals surface area contributed by atoms with E-state index in [0.717, 1.165) is 6.42 Å². The Labute approximate surface area is 141 Å². The van der Waals surface area contributed by atoms with Crippen LogP contribution in [-0.4, -0.2) is 49.2 Å². The topological polar surface area (TPSA) is 60.9 Å². The monoisotopic (exact) mass is 328 g/mol. The highest BCUT2D eigenvalue weighted by molar-refractivity contribution is 5.95. The first kappa shape index (κ1) is 16.1. The molecular weight excluding hydrogens is 308 g/mol. The predicted octanol–water partition coefficient (Wildman–Crippen LogP) is 2.39. The smallest absolute Gasteiger partial charge is 0.254 e. The lowest BCUT2D eigenvalue weighted by Gasteiger charge is -2.18. The molecule has 1 atom stereocenters. The molecular formula is C18H20N2O4. The van der Waals surface area contributed by atoms with Crippen molar-refractivity contribution >= 4 is 5.91 Å². The third-order valence-electron chi connectivity index (χ3n) is 3.96. The van der Waals surface area contributed by atoms with Gasteiger partial charge in [0.25, 0.3) is 5.91 Å². The molecule has 1 amide bonds. The van der Waals surface area contributed by atoms with Gasteiger partial charge in [-0.1, -0.05) is 6.07 Å². The van der Waals surface area contributed by atoms with E-state index in [4.69, 9.17) is 14.2 Å². The third kappa shape index (κ3) is 3.59. The van der Waals surface area contributed by atoms with Crippen LogP contribution in [0.5, 0.6) is 17.4 Å². The number of benzene rings is 1. The second kappa shape index (κ2) is 7.21. The highest BCUT2D eigenvalue weighted by Gasteiger charge is 2.29. The van der Waals surface area contributed by atoms with Crippen molar-refractivity contribution in [1.82, 2.24) is 9.88 Å². The summed E-state index contributed by atoms with van der Waals surface area (Å²) >= 11 is 0. The molecule has 2 heterocycles. The Hall–Kier alpha value is -2.76. The van der Waals surface area contributed by atoms with Crippen molar-refractivity contribution in [2.45, 2.75) is 12.5 Å². The number of pyridine rings is 1. The standard InChI is InChI=1S/C18H20N2O4/c1-22-15-9-13(10-16(11-15)23-2)18(21)20-8-6-14(12-20)24-17-5-3-4-7-19-17/h3-5,7,9-11,14H,6,8,12H2,1-2H3/t14-/m0/s1. The quantitative estimate of drug-likeness (QED) is 0.843. The van der Waals surface area contributed by atoms with Crippen LogP contribution >= 0.6 is 0 Å². The molecule has 6 nitrogen and oxygen atoms in total. The Balaban J connectivity index is 1.68. The van der Waals surface area contributed by atoms with Gasteiger partial charge in [0, 0.05) is 36.9 Å². The number of ether oxygens (including phenoxy) is 3. The van der Waals surface area contributed by atoms with Crippen LogP contribution in [0.25, 0.3) is 0 Å². The lowest BCUT2D eigenvalue weighted by Crippen LogP contribution is -2.31. The van der Waals surface area contributed by atoms with E-state index in [0.29, 0.717) is 36.0 Å². The molecule has 1 fully saturated rings. The maximum absolute atomic E-state index is 12.7. The molecule has 1 aromatic carbocycles. The minimum atomic E-state index is -0.0562. The summed E-state index contributed by atoms with van der Waals surface area (Å²) in [5.41, 5.74) is 0.546. The molecule has 1 saturated heterocycles. The zero-order valence-corrected chi connectivity index (χ0v) is 13.8. The molecule has 1 aliphatic rings.